The second-order valence-corrected chi connectivity index (χ2v) is 10.9. The highest BCUT2D eigenvalue weighted by molar-refractivity contribution is 5.82. The van der Waals surface area contributed by atoms with Gasteiger partial charge in [-0.25, -0.2) is 14.2 Å². The van der Waals surface area contributed by atoms with E-state index in [1.807, 2.05) is 30.3 Å². The van der Waals surface area contributed by atoms with E-state index < -0.39 is 11.9 Å². The number of ether oxygens (including phenoxy) is 1. The maximum absolute atomic E-state index is 14.9. The number of azide groups is 1. The van der Waals surface area contributed by atoms with Crippen molar-refractivity contribution in [1.29, 1.82) is 0 Å². The lowest BCUT2D eigenvalue weighted by Gasteiger charge is -2.10. The van der Waals surface area contributed by atoms with Crippen molar-refractivity contribution in [2.45, 2.75) is 57.4 Å². The third-order valence-electron chi connectivity index (χ3n) is 7.65. The molecule has 2 heterocycles. The summed E-state index contributed by atoms with van der Waals surface area (Å²) in [4.78, 5) is 21.3. The van der Waals surface area contributed by atoms with Crippen LogP contribution in [-0.4, -0.2) is 35.2 Å². The molecule has 44 heavy (non-hydrogen) atoms. The Balaban J connectivity index is 1.22. The zero-order chi connectivity index (χ0) is 30.7. The smallest absolute Gasteiger partial charge is 0.359 e. The minimum Gasteiger partial charge on any atom is -0.508 e. The summed E-state index contributed by atoms with van der Waals surface area (Å²) in [5, 5.41) is 16.6. The quantitative estimate of drug-likeness (QED) is 0.0495. The number of carbonyl (C=O) groups excluding carboxylic acids is 1. The van der Waals surface area contributed by atoms with Crippen LogP contribution in [0.2, 0.25) is 0 Å². The van der Waals surface area contributed by atoms with Crippen LogP contribution >= 0.6 is 0 Å². The first-order valence-electron chi connectivity index (χ1n) is 15.0. The van der Waals surface area contributed by atoms with Crippen LogP contribution in [0.5, 0.6) is 11.5 Å². The summed E-state index contributed by atoms with van der Waals surface area (Å²) in [6, 6.07) is 20.9. The Morgan fingerprint density at radius 2 is 1.73 bits per heavy atom. The number of aromatic nitrogens is 2. The Morgan fingerprint density at radius 1 is 0.977 bits per heavy atom. The van der Waals surface area contributed by atoms with E-state index in [0.717, 1.165) is 55.3 Å². The van der Waals surface area contributed by atoms with Gasteiger partial charge in [0.2, 0.25) is 0 Å². The number of halogens is 1. The van der Waals surface area contributed by atoms with Crippen LogP contribution in [0.25, 0.3) is 21.7 Å². The highest BCUT2D eigenvalue weighted by atomic mass is 19.1. The van der Waals surface area contributed by atoms with E-state index in [0.29, 0.717) is 43.1 Å². The molecule has 0 bridgehead atoms. The normalized spacial score (nSPS) is 13.7. The highest BCUT2D eigenvalue weighted by Gasteiger charge is 2.41. The fourth-order valence-electron chi connectivity index (χ4n) is 5.34. The van der Waals surface area contributed by atoms with Gasteiger partial charge in [-0.15, -0.1) is 0 Å². The average molecular weight is 596 g/mol. The Morgan fingerprint density at radius 3 is 2.48 bits per heavy atom. The summed E-state index contributed by atoms with van der Waals surface area (Å²) < 4.78 is 22.2. The first kappa shape index (κ1) is 30.5. The van der Waals surface area contributed by atoms with Gasteiger partial charge in [0.1, 0.15) is 23.3 Å². The van der Waals surface area contributed by atoms with Gasteiger partial charge in [-0.3, -0.25) is 5.32 Å². The van der Waals surface area contributed by atoms with Crippen LogP contribution in [0.1, 0.15) is 60.1 Å². The zero-order valence-corrected chi connectivity index (χ0v) is 24.5. The van der Waals surface area contributed by atoms with Crippen molar-refractivity contribution in [3.63, 3.8) is 0 Å². The molecule has 5 rings (SSSR count). The largest absolute Gasteiger partial charge is 0.508 e. The fraction of sp³-hybridized carbons (Fsp3) is 0.324. The predicted molar refractivity (Wildman–Crippen MR) is 166 cm³/mol. The molecule has 0 saturated carbocycles. The Hall–Kier alpha value is -4.95. The van der Waals surface area contributed by atoms with E-state index in [1.54, 1.807) is 47.2 Å². The SMILES string of the molecule is [N-]=[N+]=NCCCCCCCCOc1ccc(CC2Nc3c(Cc4ccccc4)nc(-c4ccc(O)cc4)c[n+]3C2=O)cc1F. The number of nitrogens with one attached hydrogen (secondary N) is 1. The van der Waals surface area contributed by atoms with Crippen molar-refractivity contribution >= 4 is 11.7 Å². The molecule has 0 spiro atoms. The summed E-state index contributed by atoms with van der Waals surface area (Å²) in [7, 11) is 0. The molecule has 0 saturated heterocycles. The molecule has 0 radical (unpaired) electrons. The standard InChI is InChI=1S/C34H35FN6O3/c35-28-20-25(12-17-32(28)44-19-9-4-2-1-3-8-18-37-40-36)22-30-34(43)41-23-31(26-13-15-27(42)16-14-26)38-29(33(41)39-30)21-24-10-6-5-7-11-24/h5-7,10-17,20,23,30,42H,1-4,8-9,18-19,21-22H2/p+1. The summed E-state index contributed by atoms with van der Waals surface area (Å²) in [5.74, 6) is 0.398. The molecule has 1 aliphatic heterocycles. The summed E-state index contributed by atoms with van der Waals surface area (Å²) in [6.45, 7) is 0.976. The van der Waals surface area contributed by atoms with Gasteiger partial charge in [0.05, 0.1) is 6.61 Å². The van der Waals surface area contributed by atoms with Gasteiger partial charge in [0.25, 0.3) is 0 Å². The Labute approximate surface area is 256 Å². The molecular formula is C34H36FN6O3+. The van der Waals surface area contributed by atoms with E-state index in [1.165, 1.54) is 6.07 Å². The molecule has 1 unspecified atom stereocenters. The number of aromatic hydroxyl groups is 1. The van der Waals surface area contributed by atoms with Crippen molar-refractivity contribution < 1.29 is 23.6 Å². The molecule has 10 heteroatoms. The Bertz CT molecular complexity index is 1620. The molecule has 4 aromatic rings. The maximum Gasteiger partial charge on any atom is 0.359 e. The van der Waals surface area contributed by atoms with Crippen LogP contribution in [0.15, 0.2) is 84.1 Å². The van der Waals surface area contributed by atoms with Gasteiger partial charge in [-0.2, -0.15) is 4.57 Å². The second kappa shape index (κ2) is 15.0. The van der Waals surface area contributed by atoms with Gasteiger partial charge < -0.3 is 9.84 Å². The third-order valence-corrected chi connectivity index (χ3v) is 7.65. The summed E-state index contributed by atoms with van der Waals surface area (Å²) >= 11 is 0. The van der Waals surface area contributed by atoms with Crippen LogP contribution in [0.4, 0.5) is 10.2 Å². The lowest BCUT2D eigenvalue weighted by Crippen LogP contribution is -2.44. The molecule has 0 aliphatic carbocycles. The van der Waals surface area contributed by atoms with Gasteiger partial charge in [-0.1, -0.05) is 67.2 Å². The van der Waals surface area contributed by atoms with Gasteiger partial charge in [0, 0.05) is 29.9 Å². The number of benzene rings is 3. The highest BCUT2D eigenvalue weighted by Crippen LogP contribution is 2.27. The molecule has 1 aromatic heterocycles. The van der Waals surface area contributed by atoms with Crippen LogP contribution < -0.4 is 14.6 Å². The molecule has 2 N–H and O–H groups in total. The number of anilines is 1. The van der Waals surface area contributed by atoms with Crippen LogP contribution in [-0.2, 0) is 12.8 Å². The lowest BCUT2D eigenvalue weighted by molar-refractivity contribution is -0.552. The van der Waals surface area contributed by atoms with E-state index in [-0.39, 0.29) is 17.4 Å². The van der Waals surface area contributed by atoms with Crippen molar-refractivity contribution in [3.05, 3.63) is 112 Å². The minimum atomic E-state index is -0.584. The number of nitrogens with zero attached hydrogens (tertiary/aromatic N) is 5. The number of phenolic OH excluding ortho intramolecular Hbond substituents is 1. The molecular weight excluding hydrogens is 559 g/mol. The van der Waals surface area contributed by atoms with Crippen molar-refractivity contribution in [2.24, 2.45) is 5.11 Å². The number of fused-ring (bicyclic) bond motifs is 1. The fourth-order valence-corrected chi connectivity index (χ4v) is 5.34. The second-order valence-electron chi connectivity index (χ2n) is 10.9. The van der Waals surface area contributed by atoms with Crippen molar-refractivity contribution in [3.8, 4) is 22.8 Å². The predicted octanol–water partition coefficient (Wildman–Crippen LogP) is 7.18. The van der Waals surface area contributed by atoms with Gasteiger partial charge >= 0.3 is 11.7 Å². The van der Waals surface area contributed by atoms with Crippen molar-refractivity contribution in [2.75, 3.05) is 18.5 Å². The average Bonchev–Trinajstić information content (AvgIpc) is 3.34. The molecule has 0 amide bonds. The number of rotatable bonds is 15. The van der Waals surface area contributed by atoms with Gasteiger partial charge in [-0.05, 0) is 65.9 Å². The van der Waals surface area contributed by atoms with E-state index in [2.05, 4.69) is 15.3 Å². The van der Waals surface area contributed by atoms with E-state index in [9.17, 15) is 14.3 Å². The topological polar surface area (TPSA) is 124 Å². The summed E-state index contributed by atoms with van der Waals surface area (Å²) in [5.41, 5.74) is 12.2. The molecule has 226 valence electrons. The van der Waals surface area contributed by atoms with Gasteiger partial charge in [0.15, 0.2) is 17.6 Å². The zero-order valence-electron chi connectivity index (χ0n) is 24.5. The lowest BCUT2D eigenvalue weighted by atomic mass is 10.1. The number of unbranched alkanes of at least 4 members (excludes halogenated alkanes) is 5. The number of hydrogen-bond donors (Lipinski definition) is 2. The minimum absolute atomic E-state index is 0.143. The number of hydrogen-bond acceptors (Lipinski definition) is 6. The van der Waals surface area contributed by atoms with Crippen LogP contribution in [0, 0.1) is 5.82 Å². The molecule has 9 nitrogen and oxygen atoms in total. The maximum atomic E-state index is 14.9. The molecule has 3 aromatic carbocycles. The van der Waals surface area contributed by atoms with E-state index >= 15 is 0 Å². The first-order chi connectivity index (χ1) is 21.5. The first-order valence-corrected chi connectivity index (χ1v) is 15.0. The van der Waals surface area contributed by atoms with Crippen LogP contribution in [0.3, 0.4) is 0 Å². The monoisotopic (exact) mass is 595 g/mol. The molecule has 0 fully saturated rings. The third kappa shape index (κ3) is 7.90. The Kier molecular flexibility index (Phi) is 10.4. The van der Waals surface area contributed by atoms with Crippen molar-refractivity contribution in [1.82, 2.24) is 4.98 Å². The number of phenols is 1. The molecule has 1 aliphatic rings. The number of carbonyl (C=O) groups is 1. The molecule has 1 atom stereocenters. The van der Waals surface area contributed by atoms with E-state index in [4.69, 9.17) is 15.3 Å². The summed E-state index contributed by atoms with van der Waals surface area (Å²) in [6.07, 6.45) is 8.42.